The third kappa shape index (κ3) is 6.24. The van der Waals surface area contributed by atoms with Crippen LogP contribution in [0.4, 0.5) is 5.82 Å². The minimum absolute atomic E-state index is 0. The van der Waals surface area contributed by atoms with Gasteiger partial charge in [0.2, 0.25) is 0 Å². The molecular formula is C29H39Cl2N7O. The molecule has 39 heavy (non-hydrogen) atoms. The Hall–Kier alpha value is -2.65. The highest BCUT2D eigenvalue weighted by Crippen LogP contribution is 2.32. The molecule has 2 aliphatic rings. The van der Waals surface area contributed by atoms with E-state index in [9.17, 15) is 4.79 Å². The van der Waals surface area contributed by atoms with Gasteiger partial charge in [-0.2, -0.15) is 5.10 Å². The third-order valence-corrected chi connectivity index (χ3v) is 8.29. The summed E-state index contributed by atoms with van der Waals surface area (Å²) in [6, 6.07) is 10.4. The van der Waals surface area contributed by atoms with E-state index in [1.807, 2.05) is 37.4 Å². The Bertz CT molecular complexity index is 1430. The SMILES string of the molecule is Cc1nn(CCCC2CCNCC2)c2cc(C(=O)Nc3cc4[nH]c([C@H]5CCCN5C)cc4cn3)ccc12.Cl.Cl. The van der Waals surface area contributed by atoms with Crippen molar-refractivity contribution in [3.8, 4) is 0 Å². The van der Waals surface area contributed by atoms with Crippen LogP contribution in [0, 0.1) is 12.8 Å². The molecule has 0 radical (unpaired) electrons. The molecule has 1 atom stereocenters. The summed E-state index contributed by atoms with van der Waals surface area (Å²) >= 11 is 0. The van der Waals surface area contributed by atoms with Gasteiger partial charge in [0.1, 0.15) is 5.82 Å². The van der Waals surface area contributed by atoms with Gasteiger partial charge >= 0.3 is 0 Å². The number of nitrogens with zero attached hydrogens (tertiary/aromatic N) is 4. The molecule has 3 N–H and O–H groups in total. The van der Waals surface area contributed by atoms with Crippen LogP contribution < -0.4 is 10.6 Å². The molecule has 6 rings (SSSR count). The second kappa shape index (κ2) is 12.7. The van der Waals surface area contributed by atoms with Crippen LogP contribution in [-0.2, 0) is 6.54 Å². The van der Waals surface area contributed by atoms with Gasteiger partial charge in [0.15, 0.2) is 0 Å². The second-order valence-electron chi connectivity index (χ2n) is 10.9. The van der Waals surface area contributed by atoms with Gasteiger partial charge in [-0.1, -0.05) is 6.07 Å². The van der Waals surface area contributed by atoms with Gasteiger partial charge in [0, 0.05) is 46.9 Å². The second-order valence-corrected chi connectivity index (χ2v) is 10.9. The number of hydrogen-bond acceptors (Lipinski definition) is 5. The predicted octanol–water partition coefficient (Wildman–Crippen LogP) is 5.86. The van der Waals surface area contributed by atoms with E-state index < -0.39 is 0 Å². The van der Waals surface area contributed by atoms with Crippen LogP contribution in [-0.4, -0.2) is 57.2 Å². The fourth-order valence-corrected chi connectivity index (χ4v) is 6.14. The third-order valence-electron chi connectivity index (χ3n) is 8.29. The first-order valence-corrected chi connectivity index (χ1v) is 13.7. The number of anilines is 1. The monoisotopic (exact) mass is 571 g/mol. The molecule has 4 aromatic rings. The number of aromatic amines is 1. The van der Waals surface area contributed by atoms with Crippen molar-refractivity contribution in [2.75, 3.05) is 32.0 Å². The average molecular weight is 573 g/mol. The Morgan fingerprint density at radius 3 is 2.72 bits per heavy atom. The van der Waals surface area contributed by atoms with Gasteiger partial charge in [-0.15, -0.1) is 24.8 Å². The number of benzene rings is 1. The maximum atomic E-state index is 13.2. The minimum Gasteiger partial charge on any atom is -0.357 e. The molecule has 1 aromatic carbocycles. The maximum Gasteiger partial charge on any atom is 0.256 e. The molecule has 10 heteroatoms. The molecule has 210 valence electrons. The van der Waals surface area contributed by atoms with Crippen molar-refractivity contribution in [1.29, 1.82) is 0 Å². The van der Waals surface area contributed by atoms with Gasteiger partial charge in [-0.3, -0.25) is 14.4 Å². The van der Waals surface area contributed by atoms with Gasteiger partial charge < -0.3 is 15.6 Å². The molecule has 2 saturated heterocycles. The molecule has 0 saturated carbocycles. The summed E-state index contributed by atoms with van der Waals surface area (Å²) in [5.41, 5.74) is 4.86. The zero-order valence-corrected chi connectivity index (χ0v) is 24.3. The van der Waals surface area contributed by atoms with Crippen molar-refractivity contribution in [2.24, 2.45) is 5.92 Å². The minimum atomic E-state index is -0.156. The summed E-state index contributed by atoms with van der Waals surface area (Å²) in [6.45, 7) is 6.32. The normalized spacial score (nSPS) is 18.3. The van der Waals surface area contributed by atoms with E-state index in [0.29, 0.717) is 17.4 Å². The molecule has 5 heterocycles. The number of aryl methyl sites for hydroxylation is 2. The number of aromatic nitrogens is 4. The van der Waals surface area contributed by atoms with Gasteiger partial charge in [-0.05, 0) is 96.2 Å². The number of piperidine rings is 1. The predicted molar refractivity (Wildman–Crippen MR) is 162 cm³/mol. The van der Waals surface area contributed by atoms with Gasteiger partial charge in [0.25, 0.3) is 5.91 Å². The van der Waals surface area contributed by atoms with Crippen LogP contribution in [0.3, 0.4) is 0 Å². The number of carbonyl (C=O) groups excluding carboxylic acids is 1. The standard InChI is InChI=1S/C29H37N7O.2ClH/c1-19-23-8-7-21(16-27(23)36(34-19)14-3-5-20-9-11-30-12-10-20)29(37)33-28-17-24-22(18-31-28)15-25(32-24)26-6-4-13-35(26)2;;/h7-8,15-18,20,26,30,32H,3-6,9-14H2,1-2H3,(H,31,33,37);2*1H/t26-;;/m1../s1. The highest BCUT2D eigenvalue weighted by molar-refractivity contribution is 6.06. The lowest BCUT2D eigenvalue weighted by Gasteiger charge is -2.22. The smallest absolute Gasteiger partial charge is 0.256 e. The lowest BCUT2D eigenvalue weighted by Crippen LogP contribution is -2.27. The van der Waals surface area contributed by atoms with Crippen molar-refractivity contribution in [2.45, 2.75) is 58.0 Å². The molecule has 2 fully saturated rings. The fourth-order valence-electron chi connectivity index (χ4n) is 6.14. The summed E-state index contributed by atoms with van der Waals surface area (Å²) in [5, 5.41) is 13.4. The first-order chi connectivity index (χ1) is 18.0. The molecule has 0 spiro atoms. The topological polar surface area (TPSA) is 90.9 Å². The first kappa shape index (κ1) is 29.3. The molecular weight excluding hydrogens is 533 g/mol. The molecule has 2 aliphatic heterocycles. The number of likely N-dealkylation sites (tertiary alicyclic amines) is 1. The van der Waals surface area contributed by atoms with E-state index >= 15 is 0 Å². The summed E-state index contributed by atoms with van der Waals surface area (Å²) in [7, 11) is 2.17. The Kier molecular flexibility index (Phi) is 9.54. The number of halogens is 2. The number of amides is 1. The fraction of sp³-hybridized carbons (Fsp3) is 0.483. The van der Waals surface area contributed by atoms with Crippen LogP contribution in [0.5, 0.6) is 0 Å². The molecule has 8 nitrogen and oxygen atoms in total. The van der Waals surface area contributed by atoms with Crippen LogP contribution in [0.25, 0.3) is 21.8 Å². The van der Waals surface area contributed by atoms with E-state index in [1.165, 1.54) is 31.4 Å². The number of pyridine rings is 1. The zero-order chi connectivity index (χ0) is 25.4. The van der Waals surface area contributed by atoms with Gasteiger partial charge in [-0.25, -0.2) is 4.98 Å². The summed E-state index contributed by atoms with van der Waals surface area (Å²) in [5.74, 6) is 1.21. The Morgan fingerprint density at radius 1 is 1.13 bits per heavy atom. The van der Waals surface area contributed by atoms with E-state index in [-0.39, 0.29) is 30.7 Å². The molecule has 0 unspecified atom stereocenters. The van der Waals surface area contributed by atoms with E-state index in [4.69, 9.17) is 5.10 Å². The number of fused-ring (bicyclic) bond motifs is 2. The first-order valence-electron chi connectivity index (χ1n) is 13.7. The van der Waals surface area contributed by atoms with Gasteiger partial charge in [0.05, 0.1) is 16.7 Å². The van der Waals surface area contributed by atoms with Crippen LogP contribution in [0.1, 0.15) is 66.3 Å². The van der Waals surface area contributed by atoms with Crippen LogP contribution >= 0.6 is 24.8 Å². The lowest BCUT2D eigenvalue weighted by atomic mass is 9.93. The number of nitrogens with one attached hydrogen (secondary N) is 3. The Morgan fingerprint density at radius 2 is 1.95 bits per heavy atom. The van der Waals surface area contributed by atoms with Crippen molar-refractivity contribution in [3.63, 3.8) is 0 Å². The lowest BCUT2D eigenvalue weighted by molar-refractivity contribution is 0.102. The molecule has 0 aliphatic carbocycles. The number of carbonyl (C=O) groups is 1. The Balaban J connectivity index is 0.00000176. The summed E-state index contributed by atoms with van der Waals surface area (Å²) in [6.07, 6.45) is 9.09. The van der Waals surface area contributed by atoms with Crippen LogP contribution in [0.15, 0.2) is 36.5 Å². The number of H-pyrrole nitrogens is 1. The van der Waals surface area contributed by atoms with Crippen molar-refractivity contribution >= 4 is 58.3 Å². The molecule has 0 bridgehead atoms. The summed E-state index contributed by atoms with van der Waals surface area (Å²) < 4.78 is 2.08. The highest BCUT2D eigenvalue weighted by atomic mass is 35.5. The zero-order valence-electron chi connectivity index (χ0n) is 22.7. The van der Waals surface area contributed by atoms with E-state index in [0.717, 1.165) is 72.4 Å². The highest BCUT2D eigenvalue weighted by Gasteiger charge is 2.24. The maximum absolute atomic E-state index is 13.2. The average Bonchev–Trinajstić information content (AvgIpc) is 3.61. The Labute approximate surface area is 242 Å². The molecule has 3 aromatic heterocycles. The number of hydrogen-bond donors (Lipinski definition) is 3. The quantitative estimate of drug-likeness (QED) is 0.258. The van der Waals surface area contributed by atoms with Crippen LogP contribution in [0.2, 0.25) is 0 Å². The van der Waals surface area contributed by atoms with Crippen molar-refractivity contribution < 1.29 is 4.79 Å². The van der Waals surface area contributed by atoms with Crippen molar-refractivity contribution in [1.82, 2.24) is 30.0 Å². The summed E-state index contributed by atoms with van der Waals surface area (Å²) in [4.78, 5) is 23.6. The van der Waals surface area contributed by atoms with E-state index in [2.05, 4.69) is 43.3 Å². The van der Waals surface area contributed by atoms with Crippen molar-refractivity contribution in [3.05, 3.63) is 53.5 Å². The largest absolute Gasteiger partial charge is 0.357 e. The number of rotatable bonds is 7. The molecule has 1 amide bonds. The van der Waals surface area contributed by atoms with E-state index in [1.54, 1.807) is 0 Å².